The van der Waals surface area contributed by atoms with E-state index in [1.807, 2.05) is 62.6 Å². The van der Waals surface area contributed by atoms with Gasteiger partial charge in [-0.1, -0.05) is 85.7 Å². The summed E-state index contributed by atoms with van der Waals surface area (Å²) < 4.78 is 24.5. The van der Waals surface area contributed by atoms with Crippen molar-refractivity contribution in [2.45, 2.75) is 75.9 Å². The SMILES string of the molecule is COc1ccc(C=C2CCCCC(CN(C)C)C2(O)Cc2ccccc2)cc1.COc1ccc(C=C2CCCCC(CN(C)C)C2(O)c2ccc(F)c(C)c2)cc1. The van der Waals surface area contributed by atoms with Crippen LogP contribution in [-0.2, 0) is 12.0 Å². The molecule has 2 saturated carbocycles. The summed E-state index contributed by atoms with van der Waals surface area (Å²) >= 11 is 0. The average Bonchev–Trinajstić information content (AvgIpc) is 3.44. The first-order valence-corrected chi connectivity index (χ1v) is 20.6. The van der Waals surface area contributed by atoms with Crippen molar-refractivity contribution >= 4 is 12.2 Å². The summed E-state index contributed by atoms with van der Waals surface area (Å²) in [6, 6.07) is 31.4. The van der Waals surface area contributed by atoms with Gasteiger partial charge in [0.15, 0.2) is 0 Å². The van der Waals surface area contributed by atoms with E-state index in [4.69, 9.17) is 9.47 Å². The van der Waals surface area contributed by atoms with Crippen LogP contribution in [0.3, 0.4) is 0 Å². The van der Waals surface area contributed by atoms with Crippen LogP contribution in [0.25, 0.3) is 12.2 Å². The molecule has 4 aromatic rings. The van der Waals surface area contributed by atoms with Crippen LogP contribution in [0.15, 0.2) is 108 Å². The molecule has 0 saturated heterocycles. The van der Waals surface area contributed by atoms with Crippen LogP contribution in [0.5, 0.6) is 11.5 Å². The Morgan fingerprint density at radius 1 is 0.667 bits per heavy atom. The molecule has 2 fully saturated rings. The van der Waals surface area contributed by atoms with E-state index in [0.717, 1.165) is 104 Å². The molecular formula is C50H65FN2O4. The summed E-state index contributed by atoms with van der Waals surface area (Å²) in [4.78, 5) is 4.33. The number of nitrogens with zero attached hydrogens (tertiary/aromatic N) is 2. The minimum atomic E-state index is -1.13. The maximum atomic E-state index is 14.0. The second-order valence-electron chi connectivity index (χ2n) is 16.6. The highest BCUT2D eigenvalue weighted by Crippen LogP contribution is 2.46. The van der Waals surface area contributed by atoms with Gasteiger partial charge in [0.05, 0.1) is 19.8 Å². The second kappa shape index (κ2) is 20.4. The second-order valence-corrected chi connectivity index (χ2v) is 16.6. The van der Waals surface area contributed by atoms with Crippen molar-refractivity contribution in [2.75, 3.05) is 55.5 Å². The third-order valence-electron chi connectivity index (χ3n) is 11.8. The predicted molar refractivity (Wildman–Crippen MR) is 233 cm³/mol. The Morgan fingerprint density at radius 3 is 1.70 bits per heavy atom. The lowest BCUT2D eigenvalue weighted by molar-refractivity contribution is 0.000380. The molecule has 0 spiro atoms. The molecule has 6 rings (SSSR count). The zero-order valence-corrected chi connectivity index (χ0v) is 35.3. The quantitative estimate of drug-likeness (QED) is 0.148. The van der Waals surface area contributed by atoms with Crippen molar-refractivity contribution in [3.8, 4) is 11.5 Å². The smallest absolute Gasteiger partial charge is 0.126 e. The Kier molecular flexibility index (Phi) is 15.7. The van der Waals surface area contributed by atoms with Gasteiger partial charge in [0, 0.05) is 31.3 Å². The molecule has 0 radical (unpaired) electrons. The summed E-state index contributed by atoms with van der Waals surface area (Å²) in [5, 5.41) is 24.3. The molecule has 2 N–H and O–H groups in total. The van der Waals surface area contributed by atoms with Gasteiger partial charge in [-0.3, -0.25) is 0 Å². The number of aliphatic hydroxyl groups is 2. The molecular weight excluding hydrogens is 712 g/mol. The van der Waals surface area contributed by atoms with Crippen molar-refractivity contribution < 1.29 is 24.1 Å². The maximum Gasteiger partial charge on any atom is 0.126 e. The van der Waals surface area contributed by atoms with Crippen LogP contribution < -0.4 is 9.47 Å². The van der Waals surface area contributed by atoms with Crippen molar-refractivity contribution in [1.29, 1.82) is 0 Å². The Morgan fingerprint density at radius 2 is 1.18 bits per heavy atom. The summed E-state index contributed by atoms with van der Waals surface area (Å²) in [5.74, 6) is 1.68. The van der Waals surface area contributed by atoms with Gasteiger partial charge in [-0.15, -0.1) is 0 Å². The molecule has 4 unspecified atom stereocenters. The normalized spacial score (nSPS) is 24.1. The lowest BCUT2D eigenvalue weighted by Gasteiger charge is -2.39. The monoisotopic (exact) mass is 776 g/mol. The van der Waals surface area contributed by atoms with Crippen LogP contribution in [0.1, 0.15) is 79.2 Å². The molecule has 0 aromatic heterocycles. The van der Waals surface area contributed by atoms with E-state index < -0.39 is 11.2 Å². The van der Waals surface area contributed by atoms with E-state index in [-0.39, 0.29) is 17.7 Å². The van der Waals surface area contributed by atoms with Crippen LogP contribution in [0.2, 0.25) is 0 Å². The lowest BCUT2D eigenvalue weighted by Crippen LogP contribution is -2.45. The number of ether oxygens (including phenoxy) is 2. The molecule has 2 aliphatic carbocycles. The maximum absolute atomic E-state index is 14.0. The molecule has 57 heavy (non-hydrogen) atoms. The van der Waals surface area contributed by atoms with E-state index >= 15 is 0 Å². The summed E-state index contributed by atoms with van der Waals surface area (Å²) in [5.41, 5.74) is 4.88. The largest absolute Gasteiger partial charge is 0.497 e. The van der Waals surface area contributed by atoms with Gasteiger partial charge in [-0.2, -0.15) is 0 Å². The van der Waals surface area contributed by atoms with Gasteiger partial charge in [0.2, 0.25) is 0 Å². The highest BCUT2D eigenvalue weighted by atomic mass is 19.1. The molecule has 0 heterocycles. The van der Waals surface area contributed by atoms with Gasteiger partial charge in [-0.25, -0.2) is 4.39 Å². The summed E-state index contributed by atoms with van der Waals surface area (Å²) in [6.45, 7) is 3.42. The van der Waals surface area contributed by atoms with Crippen LogP contribution in [0.4, 0.5) is 4.39 Å². The first kappa shape index (κ1) is 43.8. The Hall–Kier alpha value is -4.27. The van der Waals surface area contributed by atoms with Gasteiger partial charge in [0.1, 0.15) is 22.9 Å². The predicted octanol–water partition coefficient (Wildman–Crippen LogP) is 9.97. The van der Waals surface area contributed by atoms with E-state index in [2.05, 4.69) is 72.4 Å². The van der Waals surface area contributed by atoms with Crippen molar-refractivity contribution in [3.05, 3.63) is 142 Å². The zero-order chi connectivity index (χ0) is 41.0. The fraction of sp³-hybridized carbons (Fsp3) is 0.440. The van der Waals surface area contributed by atoms with E-state index in [9.17, 15) is 14.6 Å². The third kappa shape index (κ3) is 11.4. The molecule has 4 atom stereocenters. The lowest BCUT2D eigenvalue weighted by atomic mass is 9.73. The molecule has 4 aromatic carbocycles. The van der Waals surface area contributed by atoms with E-state index in [1.54, 1.807) is 27.2 Å². The molecule has 0 amide bonds. The highest BCUT2D eigenvalue weighted by molar-refractivity contribution is 5.59. The standard InChI is InChI=1S/C25H32FNO2.C25H33NO2/c1-18-15-21(11-14-24(18)26)25(28)20(7-5-6-8-22(25)17-27(2)3)16-19-9-12-23(29-4)13-10-19;1-26(2)19-23-12-8-7-11-22(17-20-13-15-24(28-3)16-14-20)25(23,27)18-21-9-5-4-6-10-21/h9-16,22,28H,5-8,17H2,1-4H3;4-6,9-10,13-17,23,27H,7-8,11-12,18-19H2,1-3H3. The average molecular weight is 777 g/mol. The first-order chi connectivity index (χ1) is 27.3. The van der Waals surface area contributed by atoms with Crippen molar-refractivity contribution in [3.63, 3.8) is 0 Å². The summed E-state index contributed by atoms with van der Waals surface area (Å²) in [7, 11) is 11.6. The Balaban J connectivity index is 0.000000218. The topological polar surface area (TPSA) is 65.4 Å². The molecule has 0 aliphatic heterocycles. The fourth-order valence-electron chi connectivity index (χ4n) is 8.79. The zero-order valence-electron chi connectivity index (χ0n) is 35.3. The highest BCUT2D eigenvalue weighted by Gasteiger charge is 2.43. The van der Waals surface area contributed by atoms with Gasteiger partial charge in [0.25, 0.3) is 0 Å². The number of halogens is 1. The number of hydrogen-bond donors (Lipinski definition) is 2. The Bertz CT molecular complexity index is 1910. The molecule has 2 aliphatic rings. The van der Waals surface area contributed by atoms with Crippen molar-refractivity contribution in [1.82, 2.24) is 9.80 Å². The minimum absolute atomic E-state index is 0.0364. The van der Waals surface area contributed by atoms with Gasteiger partial charge >= 0.3 is 0 Å². The molecule has 0 bridgehead atoms. The van der Waals surface area contributed by atoms with Crippen LogP contribution in [-0.4, -0.2) is 81.1 Å². The number of rotatable bonds is 11. The Labute approximate surface area is 341 Å². The number of methoxy groups -OCH3 is 2. The number of aryl methyl sites for hydroxylation is 1. The summed E-state index contributed by atoms with van der Waals surface area (Å²) in [6.07, 6.45) is 13.1. The number of hydrogen-bond acceptors (Lipinski definition) is 6. The first-order valence-electron chi connectivity index (χ1n) is 20.6. The van der Waals surface area contributed by atoms with Crippen LogP contribution >= 0.6 is 0 Å². The molecule has 6 nitrogen and oxygen atoms in total. The molecule has 306 valence electrons. The van der Waals surface area contributed by atoms with E-state index in [0.29, 0.717) is 12.0 Å². The van der Waals surface area contributed by atoms with Gasteiger partial charge in [-0.05, 0) is 149 Å². The minimum Gasteiger partial charge on any atom is -0.497 e. The van der Waals surface area contributed by atoms with Crippen LogP contribution in [0, 0.1) is 24.6 Å². The van der Waals surface area contributed by atoms with Gasteiger partial charge < -0.3 is 29.5 Å². The van der Waals surface area contributed by atoms with Crippen molar-refractivity contribution in [2.24, 2.45) is 11.8 Å². The molecule has 7 heteroatoms. The fourth-order valence-corrected chi connectivity index (χ4v) is 8.79. The number of benzene rings is 4. The third-order valence-corrected chi connectivity index (χ3v) is 11.8. The van der Waals surface area contributed by atoms with E-state index in [1.165, 1.54) is 11.6 Å².